The average Bonchev–Trinajstić information content (AvgIpc) is 3.03. The first-order valence-corrected chi connectivity index (χ1v) is 17.4. The molecule has 4 rings (SSSR count). The number of hydrogen-bond acceptors (Lipinski definition) is 7. The fourth-order valence-corrected chi connectivity index (χ4v) is 11.0. The zero-order valence-electron chi connectivity index (χ0n) is 27.5. The van der Waals surface area contributed by atoms with E-state index in [0.29, 0.717) is 26.1 Å². The maximum atomic E-state index is 7.12. The highest BCUT2D eigenvalue weighted by Gasteiger charge is 2.50. The third-order valence-electron chi connectivity index (χ3n) is 8.80. The summed E-state index contributed by atoms with van der Waals surface area (Å²) in [6, 6.07) is 28.8. The van der Waals surface area contributed by atoms with Crippen LogP contribution >= 0.6 is 0 Å². The molecule has 5 atom stereocenters. The van der Waals surface area contributed by atoms with Gasteiger partial charge >= 0.3 is 0 Å². The minimum Gasteiger partial charge on any atom is -0.497 e. The first-order chi connectivity index (χ1) is 21.0. The number of hydrogen-bond donors (Lipinski definition) is 1. The molecule has 0 saturated carbocycles. The van der Waals surface area contributed by atoms with Crippen LogP contribution in [0.25, 0.3) is 0 Å². The second-order valence-electron chi connectivity index (χ2n) is 12.9. The van der Waals surface area contributed by atoms with E-state index in [1.54, 1.807) is 21.3 Å². The van der Waals surface area contributed by atoms with Crippen LogP contribution in [0.1, 0.15) is 52.5 Å². The zero-order valence-corrected chi connectivity index (χ0v) is 28.5. The molecule has 44 heavy (non-hydrogen) atoms. The minimum absolute atomic E-state index is 0.0390. The van der Waals surface area contributed by atoms with Crippen molar-refractivity contribution in [1.29, 1.82) is 0 Å². The van der Waals surface area contributed by atoms with Gasteiger partial charge in [-0.2, -0.15) is 0 Å². The van der Waals surface area contributed by atoms with Crippen LogP contribution in [0.5, 0.6) is 5.75 Å². The maximum Gasteiger partial charge on any atom is 0.261 e. The number of methoxy groups -OCH3 is 3. The Hall–Kier alpha value is -2.56. The van der Waals surface area contributed by atoms with Gasteiger partial charge in [0.2, 0.25) is 0 Å². The van der Waals surface area contributed by atoms with Crippen LogP contribution in [0.3, 0.4) is 0 Å². The van der Waals surface area contributed by atoms with E-state index in [4.69, 9.17) is 33.8 Å². The molecular formula is C36H51NO6Si. The summed E-state index contributed by atoms with van der Waals surface area (Å²) < 4.78 is 37.1. The Bertz CT molecular complexity index is 1230. The molecule has 0 bridgehead atoms. The SMILES string of the molecule is COc1ccc(CO[C@@H]2C[C@@H](C[C@@H](OC)C(N)CO[Si](c3ccccc3)(c3ccccc3)C(C)(C)C)O[C@@](C)(OC)C2)cc1. The van der Waals surface area contributed by atoms with E-state index in [0.717, 1.165) is 17.7 Å². The van der Waals surface area contributed by atoms with Crippen molar-refractivity contribution in [2.24, 2.45) is 5.73 Å². The first kappa shape index (κ1) is 34.3. The molecular weight excluding hydrogens is 570 g/mol. The van der Waals surface area contributed by atoms with Gasteiger partial charge in [-0.3, -0.25) is 0 Å². The van der Waals surface area contributed by atoms with Crippen molar-refractivity contribution in [3.63, 3.8) is 0 Å². The van der Waals surface area contributed by atoms with E-state index in [2.05, 4.69) is 81.4 Å². The van der Waals surface area contributed by atoms with Crippen molar-refractivity contribution in [3.05, 3.63) is 90.5 Å². The summed E-state index contributed by atoms with van der Waals surface area (Å²) >= 11 is 0. The average molecular weight is 622 g/mol. The zero-order chi connectivity index (χ0) is 31.8. The molecule has 7 nitrogen and oxygen atoms in total. The lowest BCUT2D eigenvalue weighted by Gasteiger charge is -2.44. The van der Waals surface area contributed by atoms with Crippen LogP contribution < -0.4 is 20.8 Å². The van der Waals surface area contributed by atoms with Gasteiger partial charge in [-0.05, 0) is 40.0 Å². The smallest absolute Gasteiger partial charge is 0.261 e. The predicted octanol–water partition coefficient (Wildman–Crippen LogP) is 5.43. The Morgan fingerprint density at radius 1 is 0.909 bits per heavy atom. The molecule has 1 fully saturated rings. The van der Waals surface area contributed by atoms with Crippen LogP contribution in [0.2, 0.25) is 5.04 Å². The van der Waals surface area contributed by atoms with Crippen LogP contribution in [0.4, 0.5) is 0 Å². The number of benzene rings is 3. The topological polar surface area (TPSA) is 81.4 Å². The molecule has 0 radical (unpaired) electrons. The highest BCUT2D eigenvalue weighted by Crippen LogP contribution is 2.37. The van der Waals surface area contributed by atoms with Gasteiger partial charge in [0.05, 0.1) is 44.7 Å². The highest BCUT2D eigenvalue weighted by atomic mass is 28.4. The second-order valence-corrected chi connectivity index (χ2v) is 17.3. The fourth-order valence-electron chi connectivity index (χ4n) is 6.37. The molecule has 1 unspecified atom stereocenters. The lowest BCUT2D eigenvalue weighted by Crippen LogP contribution is -2.67. The van der Waals surface area contributed by atoms with Gasteiger partial charge in [0.15, 0.2) is 5.79 Å². The Morgan fingerprint density at radius 2 is 1.50 bits per heavy atom. The quantitative estimate of drug-likeness (QED) is 0.241. The second kappa shape index (κ2) is 15.1. The molecule has 1 heterocycles. The molecule has 8 heteroatoms. The van der Waals surface area contributed by atoms with Gasteiger partial charge in [0, 0.05) is 33.5 Å². The van der Waals surface area contributed by atoms with Gasteiger partial charge in [-0.25, -0.2) is 0 Å². The van der Waals surface area contributed by atoms with E-state index in [1.165, 1.54) is 10.4 Å². The molecule has 3 aromatic rings. The summed E-state index contributed by atoms with van der Waals surface area (Å²) in [6.45, 7) is 9.64. The van der Waals surface area contributed by atoms with Gasteiger partial charge < -0.3 is 33.8 Å². The third kappa shape index (κ3) is 8.17. The van der Waals surface area contributed by atoms with Crippen molar-refractivity contribution < 1.29 is 28.1 Å². The Morgan fingerprint density at radius 3 is 2.00 bits per heavy atom. The monoisotopic (exact) mass is 621 g/mol. The largest absolute Gasteiger partial charge is 0.497 e. The summed E-state index contributed by atoms with van der Waals surface area (Å²) in [5.41, 5.74) is 7.98. The number of nitrogens with two attached hydrogens (primary N) is 1. The van der Waals surface area contributed by atoms with Crippen molar-refractivity contribution >= 4 is 18.7 Å². The molecule has 0 aromatic heterocycles. The molecule has 0 aliphatic carbocycles. The Labute approximate surface area is 265 Å². The molecule has 3 aromatic carbocycles. The third-order valence-corrected chi connectivity index (χ3v) is 13.8. The molecule has 1 aliphatic heterocycles. The maximum absolute atomic E-state index is 7.12. The van der Waals surface area contributed by atoms with Crippen molar-refractivity contribution in [3.8, 4) is 5.75 Å². The van der Waals surface area contributed by atoms with Gasteiger partial charge in [0.25, 0.3) is 8.32 Å². The normalized spacial score (nSPS) is 22.4. The molecule has 0 spiro atoms. The van der Waals surface area contributed by atoms with E-state index < -0.39 is 14.1 Å². The van der Waals surface area contributed by atoms with Crippen LogP contribution in [-0.2, 0) is 30.0 Å². The lowest BCUT2D eigenvalue weighted by atomic mass is 9.94. The first-order valence-electron chi connectivity index (χ1n) is 15.5. The molecule has 240 valence electrons. The fraction of sp³-hybridized carbons (Fsp3) is 0.500. The van der Waals surface area contributed by atoms with E-state index in [-0.39, 0.29) is 29.4 Å². The summed E-state index contributed by atoms with van der Waals surface area (Å²) in [6.07, 6.45) is 1.48. The van der Waals surface area contributed by atoms with E-state index >= 15 is 0 Å². The molecule has 2 N–H and O–H groups in total. The van der Waals surface area contributed by atoms with Crippen molar-refractivity contribution in [1.82, 2.24) is 0 Å². The Kier molecular flexibility index (Phi) is 11.8. The Balaban J connectivity index is 1.48. The van der Waals surface area contributed by atoms with Crippen molar-refractivity contribution in [2.75, 3.05) is 27.9 Å². The summed E-state index contributed by atoms with van der Waals surface area (Å²) in [4.78, 5) is 0. The van der Waals surface area contributed by atoms with Crippen molar-refractivity contribution in [2.45, 2.75) is 88.7 Å². The van der Waals surface area contributed by atoms with Gasteiger partial charge in [-0.15, -0.1) is 0 Å². The predicted molar refractivity (Wildman–Crippen MR) is 178 cm³/mol. The summed E-state index contributed by atoms with van der Waals surface area (Å²) in [7, 11) is 2.33. The van der Waals surface area contributed by atoms with Crippen LogP contribution in [-0.4, -0.2) is 66.4 Å². The highest BCUT2D eigenvalue weighted by molar-refractivity contribution is 6.99. The lowest BCUT2D eigenvalue weighted by molar-refractivity contribution is -0.284. The van der Waals surface area contributed by atoms with E-state index in [1.807, 2.05) is 31.2 Å². The molecule has 1 aliphatic rings. The minimum atomic E-state index is -2.73. The van der Waals surface area contributed by atoms with E-state index in [9.17, 15) is 0 Å². The summed E-state index contributed by atoms with van der Waals surface area (Å²) in [5, 5.41) is 2.31. The standard InChI is InChI=1S/C36H51NO6Si/c1-35(2,3)44(31-14-10-8-11-15-31,32-16-12-9-13-17-32)42-26-33(37)34(39-6)23-29-22-30(24-36(4,40-7)43-29)41-25-27-18-20-28(38-5)21-19-27/h8-21,29-30,33-34H,22-26,37H2,1-7H3/t29-,30+,33?,34+,36+/m0/s1. The molecule has 1 saturated heterocycles. The van der Waals surface area contributed by atoms with Crippen LogP contribution in [0, 0.1) is 0 Å². The van der Waals surface area contributed by atoms with Gasteiger partial charge in [0.1, 0.15) is 5.75 Å². The number of rotatable bonds is 14. The molecule has 0 amide bonds. The van der Waals surface area contributed by atoms with Crippen LogP contribution in [0.15, 0.2) is 84.9 Å². The number of ether oxygens (including phenoxy) is 5. The van der Waals surface area contributed by atoms with Gasteiger partial charge in [-0.1, -0.05) is 93.6 Å². The summed E-state index contributed by atoms with van der Waals surface area (Å²) in [5.74, 6) is 0.0640.